The molecule has 104 valence electrons. The van der Waals surface area contributed by atoms with Crippen molar-refractivity contribution < 1.29 is 4.79 Å². The minimum atomic E-state index is -0.171. The summed E-state index contributed by atoms with van der Waals surface area (Å²) >= 11 is 3.41. The molecule has 1 aromatic heterocycles. The highest BCUT2D eigenvalue weighted by atomic mass is 79.9. The molecule has 0 radical (unpaired) electrons. The Kier molecular flexibility index (Phi) is 4.74. The fraction of sp³-hybridized carbons (Fsp3) is 0.200. The molecule has 5 heteroatoms. The molecule has 4 nitrogen and oxygen atoms in total. The first-order chi connectivity index (χ1) is 9.61. The van der Waals surface area contributed by atoms with Crippen molar-refractivity contribution in [3.63, 3.8) is 0 Å². The van der Waals surface area contributed by atoms with Crippen molar-refractivity contribution in [2.75, 3.05) is 17.2 Å². The minimum absolute atomic E-state index is 0.171. The molecule has 1 aromatic carbocycles. The lowest BCUT2D eigenvalue weighted by atomic mass is 10.2. The van der Waals surface area contributed by atoms with Gasteiger partial charge >= 0.3 is 0 Å². The highest BCUT2D eigenvalue weighted by Crippen LogP contribution is 2.22. The third kappa shape index (κ3) is 3.36. The van der Waals surface area contributed by atoms with Gasteiger partial charge in [0.25, 0.3) is 5.91 Å². The van der Waals surface area contributed by atoms with Crippen molar-refractivity contribution in [1.29, 1.82) is 0 Å². The zero-order chi connectivity index (χ0) is 14.5. The maximum absolute atomic E-state index is 12.4. The number of benzene rings is 1. The molecule has 0 unspecified atom stereocenters. The summed E-state index contributed by atoms with van der Waals surface area (Å²) in [4.78, 5) is 16.6. The summed E-state index contributed by atoms with van der Waals surface area (Å²) in [6, 6.07) is 9.29. The lowest BCUT2D eigenvalue weighted by Gasteiger charge is -2.11. The lowest BCUT2D eigenvalue weighted by molar-refractivity contribution is 0.102. The van der Waals surface area contributed by atoms with Gasteiger partial charge in [-0.25, -0.2) is 4.98 Å². The topological polar surface area (TPSA) is 54.0 Å². The average molecular weight is 334 g/mol. The van der Waals surface area contributed by atoms with E-state index >= 15 is 0 Å². The van der Waals surface area contributed by atoms with Gasteiger partial charge in [-0.05, 0) is 43.7 Å². The van der Waals surface area contributed by atoms with Gasteiger partial charge in [-0.1, -0.05) is 22.0 Å². The summed E-state index contributed by atoms with van der Waals surface area (Å²) in [7, 11) is 0. The Hall–Kier alpha value is -1.88. The number of aromatic nitrogens is 1. The molecular weight excluding hydrogens is 318 g/mol. The zero-order valence-corrected chi connectivity index (χ0v) is 13.0. The van der Waals surface area contributed by atoms with E-state index in [9.17, 15) is 4.79 Å². The van der Waals surface area contributed by atoms with Crippen LogP contribution in [0.25, 0.3) is 0 Å². The second-order valence-electron chi connectivity index (χ2n) is 4.34. The van der Waals surface area contributed by atoms with E-state index in [0.29, 0.717) is 17.9 Å². The van der Waals surface area contributed by atoms with Crippen molar-refractivity contribution in [3.8, 4) is 0 Å². The van der Waals surface area contributed by atoms with Crippen molar-refractivity contribution >= 4 is 33.3 Å². The molecule has 0 aliphatic carbocycles. The summed E-state index contributed by atoms with van der Waals surface area (Å²) in [5, 5.41) is 6.00. The molecular formula is C15H16BrN3O. The molecule has 1 heterocycles. The lowest BCUT2D eigenvalue weighted by Crippen LogP contribution is -2.16. The molecule has 2 rings (SSSR count). The van der Waals surface area contributed by atoms with Crippen LogP contribution in [0.5, 0.6) is 0 Å². The molecule has 0 fully saturated rings. The number of amides is 1. The number of halogens is 1. The highest BCUT2D eigenvalue weighted by Gasteiger charge is 2.13. The number of hydrogen-bond acceptors (Lipinski definition) is 3. The van der Waals surface area contributed by atoms with Gasteiger partial charge in [-0.15, -0.1) is 0 Å². The molecule has 2 aromatic rings. The maximum atomic E-state index is 12.4. The van der Waals surface area contributed by atoms with Gasteiger partial charge in [0.2, 0.25) is 0 Å². The van der Waals surface area contributed by atoms with Crippen LogP contribution in [0.15, 0.2) is 41.0 Å². The van der Waals surface area contributed by atoms with E-state index in [1.165, 1.54) is 0 Å². The standard InChI is InChI=1S/C15H16BrN3O/c1-3-17-14-12(5-4-8-18-14)15(20)19-13-9-11(16)7-6-10(13)2/h4-9H,3H2,1-2H3,(H,17,18)(H,19,20). The predicted molar refractivity (Wildman–Crippen MR) is 85.2 cm³/mol. The van der Waals surface area contributed by atoms with Crippen LogP contribution in [0.2, 0.25) is 0 Å². The summed E-state index contributed by atoms with van der Waals surface area (Å²) in [5.41, 5.74) is 2.33. The third-order valence-electron chi connectivity index (χ3n) is 2.84. The van der Waals surface area contributed by atoms with Gasteiger partial charge in [0.15, 0.2) is 0 Å². The summed E-state index contributed by atoms with van der Waals surface area (Å²) in [5.74, 6) is 0.426. The number of carbonyl (C=O) groups is 1. The Bertz CT molecular complexity index is 628. The van der Waals surface area contributed by atoms with E-state index in [4.69, 9.17) is 0 Å². The maximum Gasteiger partial charge on any atom is 0.259 e. The van der Waals surface area contributed by atoms with Crippen LogP contribution in [0.4, 0.5) is 11.5 Å². The van der Waals surface area contributed by atoms with Gasteiger partial charge in [-0.3, -0.25) is 4.79 Å². The molecule has 0 saturated carbocycles. The Morgan fingerprint density at radius 1 is 1.35 bits per heavy atom. The molecule has 1 amide bonds. The fourth-order valence-corrected chi connectivity index (χ4v) is 2.18. The van der Waals surface area contributed by atoms with E-state index in [2.05, 4.69) is 31.5 Å². The van der Waals surface area contributed by atoms with Crippen LogP contribution >= 0.6 is 15.9 Å². The molecule has 0 saturated heterocycles. The van der Waals surface area contributed by atoms with E-state index in [0.717, 1.165) is 15.7 Å². The molecule has 0 bridgehead atoms. The van der Waals surface area contributed by atoms with Gasteiger partial charge in [0.1, 0.15) is 5.82 Å². The quantitative estimate of drug-likeness (QED) is 0.893. The van der Waals surface area contributed by atoms with E-state index < -0.39 is 0 Å². The van der Waals surface area contributed by atoms with E-state index in [-0.39, 0.29) is 5.91 Å². The number of pyridine rings is 1. The predicted octanol–water partition coefficient (Wildman–Crippen LogP) is 3.84. The number of rotatable bonds is 4. The van der Waals surface area contributed by atoms with Crippen LogP contribution in [0.3, 0.4) is 0 Å². The first-order valence-electron chi connectivity index (χ1n) is 6.38. The first kappa shape index (κ1) is 14.5. The number of aryl methyl sites for hydroxylation is 1. The van der Waals surface area contributed by atoms with Crippen molar-refractivity contribution in [2.24, 2.45) is 0 Å². The SMILES string of the molecule is CCNc1ncccc1C(=O)Nc1cc(Br)ccc1C. The summed E-state index contributed by atoms with van der Waals surface area (Å²) in [6.45, 7) is 4.64. The van der Waals surface area contributed by atoms with Gasteiger partial charge in [0.05, 0.1) is 5.56 Å². The minimum Gasteiger partial charge on any atom is -0.370 e. The van der Waals surface area contributed by atoms with Crippen LogP contribution in [0, 0.1) is 6.92 Å². The van der Waals surface area contributed by atoms with Crippen LogP contribution < -0.4 is 10.6 Å². The van der Waals surface area contributed by atoms with Crippen LogP contribution in [-0.4, -0.2) is 17.4 Å². The first-order valence-corrected chi connectivity index (χ1v) is 7.17. The number of nitrogens with zero attached hydrogens (tertiary/aromatic N) is 1. The fourth-order valence-electron chi connectivity index (χ4n) is 1.82. The van der Waals surface area contributed by atoms with Crippen molar-refractivity contribution in [1.82, 2.24) is 4.98 Å². The smallest absolute Gasteiger partial charge is 0.259 e. The number of carbonyl (C=O) groups excluding carboxylic acids is 1. The van der Waals surface area contributed by atoms with Crippen LogP contribution in [0.1, 0.15) is 22.8 Å². The van der Waals surface area contributed by atoms with Crippen molar-refractivity contribution in [2.45, 2.75) is 13.8 Å². The normalized spacial score (nSPS) is 10.2. The Labute approximate surface area is 126 Å². The summed E-state index contributed by atoms with van der Waals surface area (Å²) in [6.07, 6.45) is 1.67. The molecule has 20 heavy (non-hydrogen) atoms. The second kappa shape index (κ2) is 6.52. The zero-order valence-electron chi connectivity index (χ0n) is 11.4. The Morgan fingerprint density at radius 3 is 2.90 bits per heavy atom. The van der Waals surface area contributed by atoms with Gasteiger partial charge in [-0.2, -0.15) is 0 Å². The third-order valence-corrected chi connectivity index (χ3v) is 3.34. The van der Waals surface area contributed by atoms with E-state index in [1.807, 2.05) is 32.0 Å². The monoisotopic (exact) mass is 333 g/mol. The molecule has 0 aliphatic heterocycles. The number of anilines is 2. The highest BCUT2D eigenvalue weighted by molar-refractivity contribution is 9.10. The molecule has 0 spiro atoms. The largest absolute Gasteiger partial charge is 0.370 e. The van der Waals surface area contributed by atoms with Crippen molar-refractivity contribution in [3.05, 3.63) is 52.1 Å². The van der Waals surface area contributed by atoms with Gasteiger partial charge in [0, 0.05) is 22.9 Å². The number of nitrogens with one attached hydrogen (secondary N) is 2. The number of hydrogen-bond donors (Lipinski definition) is 2. The van der Waals surface area contributed by atoms with E-state index in [1.54, 1.807) is 18.3 Å². The Morgan fingerprint density at radius 2 is 2.15 bits per heavy atom. The van der Waals surface area contributed by atoms with Crippen LogP contribution in [-0.2, 0) is 0 Å². The summed E-state index contributed by atoms with van der Waals surface area (Å²) < 4.78 is 0.927. The molecule has 0 aliphatic rings. The average Bonchev–Trinajstić information content (AvgIpc) is 2.44. The second-order valence-corrected chi connectivity index (χ2v) is 5.26. The Balaban J connectivity index is 2.26. The van der Waals surface area contributed by atoms with Gasteiger partial charge < -0.3 is 10.6 Å². The molecule has 2 N–H and O–H groups in total. The molecule has 0 atom stereocenters.